The number of amides is 2. The number of pyridine rings is 1. The molecular formula is C17H26N4O3. The highest BCUT2D eigenvalue weighted by molar-refractivity contribution is 5.93. The van der Waals surface area contributed by atoms with E-state index >= 15 is 0 Å². The van der Waals surface area contributed by atoms with E-state index in [1.807, 2.05) is 13.8 Å². The van der Waals surface area contributed by atoms with Gasteiger partial charge in [-0.05, 0) is 37.4 Å². The minimum absolute atomic E-state index is 0.110. The molecule has 132 valence electrons. The van der Waals surface area contributed by atoms with Gasteiger partial charge in [0.2, 0.25) is 5.91 Å². The summed E-state index contributed by atoms with van der Waals surface area (Å²) in [4.78, 5) is 40.2. The van der Waals surface area contributed by atoms with Crippen LogP contribution in [0.25, 0.3) is 0 Å². The quantitative estimate of drug-likeness (QED) is 0.701. The number of nitrogens with zero attached hydrogens (tertiary/aromatic N) is 1. The summed E-state index contributed by atoms with van der Waals surface area (Å²) < 4.78 is 0. The van der Waals surface area contributed by atoms with Gasteiger partial charge in [0.15, 0.2) is 0 Å². The lowest BCUT2D eigenvalue weighted by atomic mass is 9.97. The number of nitrogens with one attached hydrogen (secondary N) is 2. The van der Waals surface area contributed by atoms with E-state index in [0.29, 0.717) is 19.6 Å². The molecule has 2 amide bonds. The predicted molar refractivity (Wildman–Crippen MR) is 91.8 cm³/mol. The number of carbonyl (C=O) groups excluding carboxylic acids is 2. The monoisotopic (exact) mass is 334 g/mol. The van der Waals surface area contributed by atoms with Crippen LogP contribution in [0.4, 0.5) is 0 Å². The van der Waals surface area contributed by atoms with Crippen LogP contribution in [-0.4, -0.2) is 47.9 Å². The molecule has 2 rings (SSSR count). The minimum Gasteiger partial charge on any atom is -0.369 e. The maximum atomic E-state index is 12.1. The summed E-state index contributed by atoms with van der Waals surface area (Å²) in [6, 6.07) is 3.33. The summed E-state index contributed by atoms with van der Waals surface area (Å²) in [5.74, 6) is -0.552. The van der Waals surface area contributed by atoms with E-state index in [1.54, 1.807) is 12.1 Å². The third kappa shape index (κ3) is 4.67. The average Bonchev–Trinajstić information content (AvgIpc) is 2.54. The fraction of sp³-hybridized carbons (Fsp3) is 0.588. The van der Waals surface area contributed by atoms with Crippen molar-refractivity contribution in [1.82, 2.24) is 15.2 Å². The second-order valence-electron chi connectivity index (χ2n) is 6.61. The van der Waals surface area contributed by atoms with Crippen molar-refractivity contribution < 1.29 is 9.59 Å². The number of aromatic amines is 1. The van der Waals surface area contributed by atoms with Gasteiger partial charge in [-0.15, -0.1) is 0 Å². The zero-order valence-corrected chi connectivity index (χ0v) is 14.3. The number of primary amides is 1. The first kappa shape index (κ1) is 18.2. The van der Waals surface area contributed by atoms with Gasteiger partial charge in [0, 0.05) is 25.3 Å². The lowest BCUT2D eigenvalue weighted by Gasteiger charge is -2.31. The molecule has 1 aliphatic heterocycles. The number of likely N-dealkylation sites (tertiary alicyclic amines) is 1. The molecule has 4 N–H and O–H groups in total. The van der Waals surface area contributed by atoms with Crippen LogP contribution in [0, 0.1) is 5.92 Å². The van der Waals surface area contributed by atoms with Gasteiger partial charge < -0.3 is 20.9 Å². The molecule has 1 aromatic heterocycles. The first-order valence-electron chi connectivity index (χ1n) is 8.41. The van der Waals surface area contributed by atoms with Crippen molar-refractivity contribution in [2.75, 3.05) is 26.2 Å². The Morgan fingerprint density at radius 2 is 2.17 bits per heavy atom. The van der Waals surface area contributed by atoms with Crippen molar-refractivity contribution in [2.24, 2.45) is 11.7 Å². The maximum Gasteiger partial charge on any atom is 0.261 e. The van der Waals surface area contributed by atoms with Crippen LogP contribution in [0.1, 0.15) is 48.7 Å². The number of hydrogen-bond acceptors (Lipinski definition) is 4. The van der Waals surface area contributed by atoms with Crippen molar-refractivity contribution in [3.05, 3.63) is 33.7 Å². The van der Waals surface area contributed by atoms with Crippen LogP contribution in [0.5, 0.6) is 0 Å². The van der Waals surface area contributed by atoms with E-state index in [4.69, 9.17) is 5.73 Å². The Labute approximate surface area is 141 Å². The zero-order valence-electron chi connectivity index (χ0n) is 14.3. The summed E-state index contributed by atoms with van der Waals surface area (Å²) >= 11 is 0. The van der Waals surface area contributed by atoms with Gasteiger partial charge in [-0.25, -0.2) is 0 Å². The third-order valence-electron chi connectivity index (χ3n) is 4.42. The van der Waals surface area contributed by atoms with E-state index in [2.05, 4.69) is 15.2 Å². The predicted octanol–water partition coefficient (Wildman–Crippen LogP) is 0.425. The number of rotatable bonds is 6. The van der Waals surface area contributed by atoms with Crippen LogP contribution in [-0.2, 0) is 4.79 Å². The number of H-pyrrole nitrogens is 1. The molecule has 0 spiro atoms. The Hall–Kier alpha value is -2.15. The summed E-state index contributed by atoms with van der Waals surface area (Å²) in [6.07, 6.45) is 1.76. The molecule has 0 aliphatic carbocycles. The molecule has 0 radical (unpaired) electrons. The molecule has 1 fully saturated rings. The van der Waals surface area contributed by atoms with E-state index in [1.165, 1.54) is 0 Å². The second kappa shape index (κ2) is 8.10. The van der Waals surface area contributed by atoms with Gasteiger partial charge in [0.05, 0.1) is 5.92 Å². The number of carbonyl (C=O) groups is 2. The molecule has 0 aromatic carbocycles. The number of piperidine rings is 1. The normalized spacial score (nSPS) is 18.5. The Morgan fingerprint density at radius 1 is 1.42 bits per heavy atom. The SMILES string of the molecule is CC(C)c1ccc(C(=O)NCCN2CCC[C@@H](C(N)=O)C2)c(=O)[nH]1. The Kier molecular flexibility index (Phi) is 6.14. The number of hydrogen-bond donors (Lipinski definition) is 3. The van der Waals surface area contributed by atoms with Gasteiger partial charge in [0.25, 0.3) is 11.5 Å². The molecule has 0 bridgehead atoms. The smallest absolute Gasteiger partial charge is 0.261 e. The fourth-order valence-electron chi connectivity index (χ4n) is 2.92. The van der Waals surface area contributed by atoms with Crippen molar-refractivity contribution in [3.8, 4) is 0 Å². The Balaban J connectivity index is 1.85. The van der Waals surface area contributed by atoms with Crippen molar-refractivity contribution >= 4 is 11.8 Å². The standard InChI is InChI=1S/C17H26N4O3/c1-11(2)14-6-5-13(17(24)20-14)16(23)19-7-9-21-8-3-4-12(10-21)15(18)22/h5-6,11-12H,3-4,7-10H2,1-2H3,(H2,18,22)(H,19,23)(H,20,24)/t12-/m1/s1. The van der Waals surface area contributed by atoms with Gasteiger partial charge in [-0.1, -0.05) is 13.8 Å². The molecular weight excluding hydrogens is 308 g/mol. The van der Waals surface area contributed by atoms with Gasteiger partial charge in [-0.2, -0.15) is 0 Å². The fourth-order valence-corrected chi connectivity index (χ4v) is 2.92. The first-order chi connectivity index (χ1) is 11.4. The summed E-state index contributed by atoms with van der Waals surface area (Å²) in [5, 5.41) is 2.76. The molecule has 2 heterocycles. The molecule has 7 heteroatoms. The number of nitrogens with two attached hydrogens (primary N) is 1. The summed E-state index contributed by atoms with van der Waals surface area (Å²) in [7, 11) is 0. The van der Waals surface area contributed by atoms with E-state index < -0.39 is 0 Å². The number of aromatic nitrogens is 1. The van der Waals surface area contributed by atoms with Gasteiger partial charge in [-0.3, -0.25) is 14.4 Å². The molecule has 1 atom stereocenters. The molecule has 0 unspecified atom stereocenters. The van der Waals surface area contributed by atoms with E-state index in [-0.39, 0.29) is 34.8 Å². The second-order valence-corrected chi connectivity index (χ2v) is 6.61. The molecule has 24 heavy (non-hydrogen) atoms. The average molecular weight is 334 g/mol. The van der Waals surface area contributed by atoms with Crippen molar-refractivity contribution in [2.45, 2.75) is 32.6 Å². The zero-order chi connectivity index (χ0) is 17.7. The van der Waals surface area contributed by atoms with Crippen molar-refractivity contribution in [1.29, 1.82) is 0 Å². The van der Waals surface area contributed by atoms with Crippen LogP contribution in [0.15, 0.2) is 16.9 Å². The van der Waals surface area contributed by atoms with E-state index in [0.717, 1.165) is 25.1 Å². The van der Waals surface area contributed by atoms with Crippen LogP contribution >= 0.6 is 0 Å². The first-order valence-corrected chi connectivity index (χ1v) is 8.41. The molecule has 1 saturated heterocycles. The maximum absolute atomic E-state index is 12.1. The topological polar surface area (TPSA) is 108 Å². The van der Waals surface area contributed by atoms with Gasteiger partial charge in [0.1, 0.15) is 5.56 Å². The molecule has 1 aromatic rings. The van der Waals surface area contributed by atoms with Crippen LogP contribution < -0.4 is 16.6 Å². The minimum atomic E-state index is -0.380. The highest BCUT2D eigenvalue weighted by Crippen LogP contribution is 2.15. The Bertz CT molecular complexity index is 653. The summed E-state index contributed by atoms with van der Waals surface area (Å²) in [6.45, 7) is 6.54. The molecule has 1 aliphatic rings. The lowest BCUT2D eigenvalue weighted by Crippen LogP contribution is -2.44. The highest BCUT2D eigenvalue weighted by atomic mass is 16.2. The largest absolute Gasteiger partial charge is 0.369 e. The molecule has 7 nitrogen and oxygen atoms in total. The third-order valence-corrected chi connectivity index (χ3v) is 4.42. The Morgan fingerprint density at radius 3 is 2.79 bits per heavy atom. The van der Waals surface area contributed by atoms with Gasteiger partial charge >= 0.3 is 0 Å². The lowest BCUT2D eigenvalue weighted by molar-refractivity contribution is -0.123. The van der Waals surface area contributed by atoms with E-state index in [9.17, 15) is 14.4 Å². The van der Waals surface area contributed by atoms with Crippen molar-refractivity contribution in [3.63, 3.8) is 0 Å². The molecule has 0 saturated carbocycles. The van der Waals surface area contributed by atoms with Crippen LogP contribution in [0.2, 0.25) is 0 Å². The highest BCUT2D eigenvalue weighted by Gasteiger charge is 2.23. The summed E-state index contributed by atoms with van der Waals surface area (Å²) in [5.41, 5.74) is 5.92. The van der Waals surface area contributed by atoms with Crippen LogP contribution in [0.3, 0.4) is 0 Å².